The van der Waals surface area contributed by atoms with Crippen LogP contribution in [0.5, 0.6) is 0 Å². The minimum absolute atomic E-state index is 0.0311. The van der Waals surface area contributed by atoms with Gasteiger partial charge in [-0.25, -0.2) is 0 Å². The molecule has 0 atom stereocenters. The molecular weight excluding hydrogens is 326 g/mol. The summed E-state index contributed by atoms with van der Waals surface area (Å²) in [5, 5.41) is 5.76. The number of amides is 2. The van der Waals surface area contributed by atoms with E-state index in [0.717, 1.165) is 38.8 Å². The third kappa shape index (κ3) is 17.2. The van der Waals surface area contributed by atoms with Gasteiger partial charge in [-0.15, -0.1) is 0 Å². The summed E-state index contributed by atoms with van der Waals surface area (Å²) in [6.07, 6.45) is 16.2. The van der Waals surface area contributed by atoms with E-state index in [4.69, 9.17) is 0 Å². The predicted octanol–water partition coefficient (Wildman–Crippen LogP) is 3.42. The first-order valence-electron chi connectivity index (χ1n) is 10.2. The molecule has 0 aliphatic heterocycles. The molecule has 0 unspecified atom stereocenters. The summed E-state index contributed by atoms with van der Waals surface area (Å²) >= 11 is 0. The average molecular weight is 366 g/mol. The van der Waals surface area contributed by atoms with Gasteiger partial charge in [-0.1, -0.05) is 51.7 Å². The lowest BCUT2D eigenvalue weighted by Crippen LogP contribution is -2.36. The molecule has 26 heavy (non-hydrogen) atoms. The summed E-state index contributed by atoms with van der Waals surface area (Å²) in [4.78, 5) is 25.4. The molecule has 0 rings (SSSR count). The van der Waals surface area contributed by atoms with Crippen molar-refractivity contribution in [2.45, 2.75) is 65.2 Å². The number of nitrogens with zero attached hydrogens (tertiary/aromatic N) is 1. The Kier molecular flexibility index (Phi) is 17.0. The van der Waals surface area contributed by atoms with Gasteiger partial charge in [0.1, 0.15) is 0 Å². The molecule has 5 heteroatoms. The van der Waals surface area contributed by atoms with Crippen molar-refractivity contribution in [3.8, 4) is 0 Å². The minimum Gasteiger partial charge on any atom is -0.351 e. The van der Waals surface area contributed by atoms with E-state index >= 15 is 0 Å². The van der Waals surface area contributed by atoms with E-state index in [-0.39, 0.29) is 11.8 Å². The Morgan fingerprint density at radius 1 is 0.769 bits per heavy atom. The summed E-state index contributed by atoms with van der Waals surface area (Å²) in [5.41, 5.74) is 0. The van der Waals surface area contributed by atoms with Gasteiger partial charge in [0.25, 0.3) is 0 Å². The normalized spacial score (nSPS) is 11.5. The molecule has 150 valence electrons. The van der Waals surface area contributed by atoms with Crippen LogP contribution in [0.1, 0.15) is 65.2 Å². The number of hydrogen-bond acceptors (Lipinski definition) is 3. The van der Waals surface area contributed by atoms with Crippen LogP contribution in [0.2, 0.25) is 0 Å². The molecule has 5 nitrogen and oxygen atoms in total. The second kappa shape index (κ2) is 18.2. The first-order valence-corrected chi connectivity index (χ1v) is 10.2. The van der Waals surface area contributed by atoms with Crippen molar-refractivity contribution < 1.29 is 9.59 Å². The standard InChI is InChI=1S/C21H39N3O2/c1-4-6-8-10-12-14-20(25)22-16-18-24(3)19-17-23-21(26)15-13-11-9-7-5-2/h12-15H,4-11,16-19H2,1-3H3,(H,22,25)(H,23,26)/b14-12+,15-13+. The molecule has 0 spiro atoms. The lowest BCUT2D eigenvalue weighted by molar-refractivity contribution is -0.117. The molecule has 0 heterocycles. The predicted molar refractivity (Wildman–Crippen MR) is 110 cm³/mol. The molecule has 0 aliphatic carbocycles. The zero-order valence-electron chi connectivity index (χ0n) is 17.1. The van der Waals surface area contributed by atoms with Crippen LogP contribution in [0.4, 0.5) is 0 Å². The lowest BCUT2D eigenvalue weighted by atomic mass is 10.2. The Morgan fingerprint density at radius 3 is 1.58 bits per heavy atom. The molecule has 0 radical (unpaired) electrons. The Balaban J connectivity index is 3.63. The summed E-state index contributed by atoms with van der Waals surface area (Å²) in [6, 6.07) is 0. The third-order valence-electron chi connectivity index (χ3n) is 4.07. The largest absolute Gasteiger partial charge is 0.351 e. The van der Waals surface area contributed by atoms with E-state index in [0.29, 0.717) is 13.1 Å². The van der Waals surface area contributed by atoms with Crippen molar-refractivity contribution in [1.29, 1.82) is 0 Å². The summed E-state index contributed by atoms with van der Waals surface area (Å²) in [5.74, 6) is -0.0622. The molecule has 0 saturated carbocycles. The van der Waals surface area contributed by atoms with Crippen molar-refractivity contribution >= 4 is 11.8 Å². The molecule has 0 aliphatic rings. The number of unbranched alkanes of at least 4 members (excludes halogenated alkanes) is 6. The number of rotatable bonds is 16. The van der Waals surface area contributed by atoms with Crippen molar-refractivity contribution in [2.75, 3.05) is 33.2 Å². The summed E-state index contributed by atoms with van der Waals surface area (Å²) < 4.78 is 0. The third-order valence-corrected chi connectivity index (χ3v) is 4.07. The van der Waals surface area contributed by atoms with Crippen LogP contribution in [0, 0.1) is 0 Å². The number of hydrogen-bond donors (Lipinski definition) is 2. The number of allylic oxidation sites excluding steroid dienone is 2. The maximum absolute atomic E-state index is 11.6. The molecule has 0 bridgehead atoms. The van der Waals surface area contributed by atoms with Crippen LogP contribution in [-0.4, -0.2) is 49.9 Å². The highest BCUT2D eigenvalue weighted by Crippen LogP contribution is 1.99. The number of carbonyl (C=O) groups is 2. The van der Waals surface area contributed by atoms with Crippen molar-refractivity contribution in [3.63, 3.8) is 0 Å². The van der Waals surface area contributed by atoms with Crippen molar-refractivity contribution in [1.82, 2.24) is 15.5 Å². The van der Waals surface area contributed by atoms with Crippen LogP contribution in [0.15, 0.2) is 24.3 Å². The second-order valence-corrected chi connectivity index (χ2v) is 6.68. The summed E-state index contributed by atoms with van der Waals surface area (Å²) in [6.45, 7) is 7.09. The fourth-order valence-electron chi connectivity index (χ4n) is 2.37. The SMILES string of the molecule is CCCCC/C=C/C(=O)NCCN(C)CCNC(=O)/C=C/CCCCC. The molecule has 0 saturated heterocycles. The van der Waals surface area contributed by atoms with Crippen molar-refractivity contribution in [2.24, 2.45) is 0 Å². The van der Waals surface area contributed by atoms with E-state index in [2.05, 4.69) is 29.4 Å². The van der Waals surface area contributed by atoms with E-state index in [1.807, 2.05) is 19.2 Å². The minimum atomic E-state index is -0.0311. The molecule has 0 aromatic carbocycles. The molecule has 2 amide bonds. The highest BCUT2D eigenvalue weighted by molar-refractivity contribution is 5.87. The van der Waals surface area contributed by atoms with Gasteiger partial charge >= 0.3 is 0 Å². The first kappa shape index (κ1) is 24.4. The molecule has 2 N–H and O–H groups in total. The lowest BCUT2D eigenvalue weighted by Gasteiger charge is -2.16. The quantitative estimate of drug-likeness (QED) is 0.325. The van der Waals surface area contributed by atoms with Gasteiger partial charge in [-0.2, -0.15) is 0 Å². The van der Waals surface area contributed by atoms with Gasteiger partial charge in [0, 0.05) is 26.2 Å². The van der Waals surface area contributed by atoms with Gasteiger partial charge in [0.2, 0.25) is 11.8 Å². The van der Waals surface area contributed by atoms with E-state index in [1.165, 1.54) is 25.7 Å². The van der Waals surface area contributed by atoms with Gasteiger partial charge < -0.3 is 15.5 Å². The van der Waals surface area contributed by atoms with E-state index in [9.17, 15) is 9.59 Å². The summed E-state index contributed by atoms with van der Waals surface area (Å²) in [7, 11) is 1.99. The fraction of sp³-hybridized carbons (Fsp3) is 0.714. The van der Waals surface area contributed by atoms with E-state index < -0.39 is 0 Å². The van der Waals surface area contributed by atoms with Gasteiger partial charge in [-0.05, 0) is 44.9 Å². The van der Waals surface area contributed by atoms with Gasteiger partial charge in [0.05, 0.1) is 0 Å². The van der Waals surface area contributed by atoms with Gasteiger partial charge in [0.15, 0.2) is 0 Å². The molecule has 0 fully saturated rings. The maximum atomic E-state index is 11.6. The first-order chi connectivity index (χ1) is 12.6. The average Bonchev–Trinajstić information content (AvgIpc) is 2.61. The number of carbonyl (C=O) groups excluding carboxylic acids is 2. The number of likely N-dealkylation sites (N-methyl/N-ethyl adjacent to an activating group) is 1. The Hall–Kier alpha value is -1.62. The van der Waals surface area contributed by atoms with Crippen LogP contribution < -0.4 is 10.6 Å². The zero-order chi connectivity index (χ0) is 19.5. The van der Waals surface area contributed by atoms with Crippen LogP contribution in [-0.2, 0) is 9.59 Å². The second-order valence-electron chi connectivity index (χ2n) is 6.68. The van der Waals surface area contributed by atoms with Gasteiger partial charge in [-0.3, -0.25) is 9.59 Å². The molecule has 0 aromatic heterocycles. The maximum Gasteiger partial charge on any atom is 0.243 e. The zero-order valence-corrected chi connectivity index (χ0v) is 17.1. The van der Waals surface area contributed by atoms with Crippen LogP contribution in [0.3, 0.4) is 0 Å². The number of nitrogens with one attached hydrogen (secondary N) is 2. The highest BCUT2D eigenvalue weighted by atomic mass is 16.2. The molecule has 0 aromatic rings. The Morgan fingerprint density at radius 2 is 1.19 bits per heavy atom. The Bertz CT molecular complexity index is 381. The monoisotopic (exact) mass is 365 g/mol. The highest BCUT2D eigenvalue weighted by Gasteiger charge is 2.01. The topological polar surface area (TPSA) is 61.4 Å². The Labute approximate surface area is 160 Å². The van der Waals surface area contributed by atoms with E-state index in [1.54, 1.807) is 12.2 Å². The van der Waals surface area contributed by atoms with Crippen LogP contribution >= 0.6 is 0 Å². The van der Waals surface area contributed by atoms with Crippen molar-refractivity contribution in [3.05, 3.63) is 24.3 Å². The van der Waals surface area contributed by atoms with Crippen LogP contribution in [0.25, 0.3) is 0 Å². The smallest absolute Gasteiger partial charge is 0.243 e. The fourth-order valence-corrected chi connectivity index (χ4v) is 2.37. The molecular formula is C21H39N3O2.